The molecule has 1 aromatic heterocycles. The molecule has 0 bridgehead atoms. The number of aliphatic hydroxyl groups excluding tert-OH is 1. The molecule has 5 nitrogen and oxygen atoms in total. The van der Waals surface area contributed by atoms with E-state index >= 15 is 0 Å². The Morgan fingerprint density at radius 1 is 1.72 bits per heavy atom. The van der Waals surface area contributed by atoms with Gasteiger partial charge in [0.05, 0.1) is 12.1 Å². The van der Waals surface area contributed by atoms with Crippen LogP contribution in [0, 0.1) is 5.41 Å². The van der Waals surface area contributed by atoms with Crippen LogP contribution in [0.5, 0.6) is 0 Å². The number of aliphatic hydroxyl groups is 1. The molecule has 0 amide bonds. The van der Waals surface area contributed by atoms with Gasteiger partial charge >= 0.3 is 0 Å². The zero-order valence-electron chi connectivity index (χ0n) is 9.45. The smallest absolute Gasteiger partial charge is 0.244 e. The fourth-order valence-corrected chi connectivity index (χ4v) is 1.61. The molecule has 0 saturated carbocycles. The quantitative estimate of drug-likeness (QED) is 0.699. The monoisotopic (exact) mass is 323 g/mol. The minimum Gasteiger partial charge on any atom is -0.394 e. The Kier molecular flexibility index (Phi) is 5.42. The Morgan fingerprint density at radius 2 is 2.39 bits per heavy atom. The molecule has 1 atom stereocenters. The standard InChI is InChI=1S/C10H12BrF2N3O2/c1-15-4-6(10(11)14)9(17)7-2-5(16-18-7)3-8(12)13/h2,4,8-9,14-15,17H,3H2,1H3/b6-4-,14-10?. The lowest BCUT2D eigenvalue weighted by atomic mass is 10.1. The highest BCUT2D eigenvalue weighted by Crippen LogP contribution is 2.24. The lowest BCUT2D eigenvalue weighted by Crippen LogP contribution is -2.09. The summed E-state index contributed by atoms with van der Waals surface area (Å²) in [6, 6.07) is 1.25. The van der Waals surface area contributed by atoms with Gasteiger partial charge in [0.2, 0.25) is 6.43 Å². The first-order valence-corrected chi connectivity index (χ1v) is 5.78. The van der Waals surface area contributed by atoms with E-state index in [0.29, 0.717) is 0 Å². The number of halogens is 3. The highest BCUT2D eigenvalue weighted by atomic mass is 79.9. The van der Waals surface area contributed by atoms with Crippen molar-refractivity contribution in [2.75, 3.05) is 7.05 Å². The SMILES string of the molecule is CN/C=C(\C(=N)Br)C(O)c1cc(CC(F)F)no1. The summed E-state index contributed by atoms with van der Waals surface area (Å²) >= 11 is 2.92. The second kappa shape index (κ2) is 6.60. The third kappa shape index (κ3) is 3.88. The summed E-state index contributed by atoms with van der Waals surface area (Å²) in [5, 5.41) is 23.4. The molecule has 1 aromatic rings. The number of alkyl halides is 2. The van der Waals surface area contributed by atoms with Crippen molar-refractivity contribution >= 4 is 20.6 Å². The maximum atomic E-state index is 12.1. The van der Waals surface area contributed by atoms with Crippen molar-refractivity contribution < 1.29 is 18.4 Å². The van der Waals surface area contributed by atoms with Gasteiger partial charge in [-0.25, -0.2) is 8.78 Å². The molecular formula is C10H12BrF2N3O2. The van der Waals surface area contributed by atoms with Gasteiger partial charge in [0.15, 0.2) is 5.76 Å². The van der Waals surface area contributed by atoms with Crippen LogP contribution in [0.15, 0.2) is 22.4 Å². The van der Waals surface area contributed by atoms with E-state index in [1.54, 1.807) is 7.05 Å². The van der Waals surface area contributed by atoms with E-state index in [4.69, 9.17) is 9.93 Å². The fraction of sp³-hybridized carbons (Fsp3) is 0.400. The summed E-state index contributed by atoms with van der Waals surface area (Å²) in [5.74, 6) is 0.0105. The second-order valence-electron chi connectivity index (χ2n) is 3.42. The number of nitrogens with zero attached hydrogens (tertiary/aromatic N) is 1. The van der Waals surface area contributed by atoms with Crippen molar-refractivity contribution in [3.8, 4) is 0 Å². The Morgan fingerprint density at radius 3 is 2.89 bits per heavy atom. The lowest BCUT2D eigenvalue weighted by Gasteiger charge is -2.09. The summed E-state index contributed by atoms with van der Waals surface area (Å²) in [6.07, 6.45) is -2.91. The van der Waals surface area contributed by atoms with Crippen LogP contribution >= 0.6 is 15.9 Å². The molecule has 0 radical (unpaired) electrons. The molecule has 0 spiro atoms. The van der Waals surface area contributed by atoms with Gasteiger partial charge in [0.25, 0.3) is 0 Å². The Balaban J connectivity index is 2.89. The first kappa shape index (κ1) is 14.8. The molecule has 18 heavy (non-hydrogen) atoms. The van der Waals surface area contributed by atoms with E-state index < -0.39 is 19.0 Å². The van der Waals surface area contributed by atoms with Gasteiger partial charge in [-0.3, -0.25) is 5.41 Å². The highest BCUT2D eigenvalue weighted by molar-refractivity contribution is 9.18. The number of hydrogen-bond acceptors (Lipinski definition) is 5. The van der Waals surface area contributed by atoms with Crippen molar-refractivity contribution in [2.45, 2.75) is 19.0 Å². The zero-order chi connectivity index (χ0) is 13.7. The summed E-state index contributed by atoms with van der Waals surface area (Å²) in [6.45, 7) is 0. The Hall–Kier alpha value is -1.28. The topological polar surface area (TPSA) is 82.1 Å². The van der Waals surface area contributed by atoms with Crippen LogP contribution in [0.2, 0.25) is 0 Å². The predicted molar refractivity (Wildman–Crippen MR) is 65.0 cm³/mol. The van der Waals surface area contributed by atoms with Crippen LogP contribution in [0.4, 0.5) is 8.78 Å². The van der Waals surface area contributed by atoms with Gasteiger partial charge in [-0.1, -0.05) is 5.16 Å². The minimum absolute atomic E-state index is 0.0105. The van der Waals surface area contributed by atoms with Crippen LogP contribution < -0.4 is 5.32 Å². The van der Waals surface area contributed by atoms with Crippen LogP contribution in [-0.2, 0) is 6.42 Å². The predicted octanol–water partition coefficient (Wildman–Crippen LogP) is 1.99. The fourth-order valence-electron chi connectivity index (χ4n) is 1.28. The molecule has 0 aromatic carbocycles. The number of nitrogens with one attached hydrogen (secondary N) is 2. The maximum Gasteiger partial charge on any atom is 0.244 e. The van der Waals surface area contributed by atoms with E-state index in [0.717, 1.165) is 0 Å². The van der Waals surface area contributed by atoms with Crippen molar-refractivity contribution in [2.24, 2.45) is 0 Å². The summed E-state index contributed by atoms with van der Waals surface area (Å²) in [5.41, 5.74) is 0.265. The molecule has 100 valence electrons. The van der Waals surface area contributed by atoms with Crippen molar-refractivity contribution in [1.82, 2.24) is 10.5 Å². The van der Waals surface area contributed by atoms with Gasteiger partial charge in [-0.15, -0.1) is 0 Å². The summed E-state index contributed by atoms with van der Waals surface area (Å²) in [7, 11) is 1.60. The van der Waals surface area contributed by atoms with Gasteiger partial charge in [0.1, 0.15) is 10.7 Å². The molecule has 1 rings (SSSR count). The molecule has 8 heteroatoms. The number of aromatic nitrogens is 1. The van der Waals surface area contributed by atoms with Gasteiger partial charge in [-0.05, 0) is 15.9 Å². The first-order chi connectivity index (χ1) is 8.45. The molecule has 1 unspecified atom stereocenters. The molecular weight excluding hydrogens is 312 g/mol. The highest BCUT2D eigenvalue weighted by Gasteiger charge is 2.21. The molecule has 1 heterocycles. The van der Waals surface area contributed by atoms with E-state index in [-0.39, 0.29) is 21.6 Å². The van der Waals surface area contributed by atoms with Crippen LogP contribution in [0.25, 0.3) is 0 Å². The van der Waals surface area contributed by atoms with E-state index in [9.17, 15) is 13.9 Å². The van der Waals surface area contributed by atoms with E-state index in [2.05, 4.69) is 26.4 Å². The van der Waals surface area contributed by atoms with Crippen molar-refractivity contribution in [3.05, 3.63) is 29.3 Å². The number of hydrogen-bond donors (Lipinski definition) is 3. The molecule has 0 aliphatic carbocycles. The van der Waals surface area contributed by atoms with E-state index in [1.165, 1.54) is 12.3 Å². The number of rotatable bonds is 6. The Labute approximate surface area is 110 Å². The summed E-state index contributed by atoms with van der Waals surface area (Å²) in [4.78, 5) is 0. The normalized spacial score (nSPS) is 13.8. The molecule has 0 saturated heterocycles. The van der Waals surface area contributed by atoms with Gasteiger partial charge in [0, 0.05) is 24.9 Å². The minimum atomic E-state index is -2.53. The van der Waals surface area contributed by atoms with Gasteiger partial charge < -0.3 is 14.9 Å². The molecule has 0 aliphatic heterocycles. The lowest BCUT2D eigenvalue weighted by molar-refractivity contribution is 0.145. The second-order valence-corrected chi connectivity index (χ2v) is 4.21. The zero-order valence-corrected chi connectivity index (χ0v) is 11.0. The first-order valence-electron chi connectivity index (χ1n) is 4.99. The maximum absolute atomic E-state index is 12.1. The molecule has 0 fully saturated rings. The molecule has 0 aliphatic rings. The summed E-state index contributed by atoms with van der Waals surface area (Å²) < 4.78 is 29.0. The largest absolute Gasteiger partial charge is 0.394 e. The third-order valence-electron chi connectivity index (χ3n) is 2.06. The van der Waals surface area contributed by atoms with Gasteiger partial charge in [-0.2, -0.15) is 0 Å². The average molecular weight is 324 g/mol. The average Bonchev–Trinajstić information content (AvgIpc) is 2.72. The Bertz CT molecular complexity index is 448. The molecule has 3 N–H and O–H groups in total. The van der Waals surface area contributed by atoms with Crippen LogP contribution in [0.1, 0.15) is 17.6 Å². The van der Waals surface area contributed by atoms with Crippen LogP contribution in [0.3, 0.4) is 0 Å². The van der Waals surface area contributed by atoms with Crippen molar-refractivity contribution in [3.63, 3.8) is 0 Å². The van der Waals surface area contributed by atoms with Crippen LogP contribution in [-0.4, -0.2) is 28.4 Å². The van der Waals surface area contributed by atoms with Crippen molar-refractivity contribution in [1.29, 1.82) is 5.41 Å². The third-order valence-corrected chi connectivity index (χ3v) is 2.52. The van der Waals surface area contributed by atoms with E-state index in [1.807, 2.05) is 0 Å².